The lowest BCUT2D eigenvalue weighted by molar-refractivity contribution is -0.385. The predicted molar refractivity (Wildman–Crippen MR) is 88.8 cm³/mol. The number of carbonyl (C=O) groups excluding carboxylic acids is 1. The number of aromatic nitrogens is 1. The van der Waals surface area contributed by atoms with Crippen molar-refractivity contribution in [1.29, 1.82) is 0 Å². The zero-order chi connectivity index (χ0) is 18.7. The van der Waals surface area contributed by atoms with Crippen LogP contribution in [0.2, 0.25) is 0 Å². The van der Waals surface area contributed by atoms with Crippen LogP contribution in [0.4, 0.5) is 10.1 Å². The number of esters is 1. The number of para-hydroxylation sites is 1. The van der Waals surface area contributed by atoms with Crippen molar-refractivity contribution < 1.29 is 23.3 Å². The quantitative estimate of drug-likeness (QED) is 0.389. The molecule has 26 heavy (non-hydrogen) atoms. The Labute approximate surface area is 147 Å². The van der Waals surface area contributed by atoms with Gasteiger partial charge in [-0.1, -0.05) is 12.1 Å². The fraction of sp³-hybridized carbons (Fsp3) is 0.111. The van der Waals surface area contributed by atoms with Gasteiger partial charge in [-0.3, -0.25) is 10.1 Å². The van der Waals surface area contributed by atoms with Crippen LogP contribution in [0.1, 0.15) is 21.6 Å². The molecule has 0 unspecified atom stereocenters. The van der Waals surface area contributed by atoms with Crippen LogP contribution in [-0.4, -0.2) is 15.9 Å². The van der Waals surface area contributed by atoms with E-state index in [0.29, 0.717) is 16.8 Å². The van der Waals surface area contributed by atoms with Crippen molar-refractivity contribution in [2.45, 2.75) is 13.5 Å². The van der Waals surface area contributed by atoms with Gasteiger partial charge in [0, 0.05) is 11.1 Å². The summed E-state index contributed by atoms with van der Waals surface area (Å²) in [5.74, 6) is -0.960. The van der Waals surface area contributed by atoms with E-state index in [1.165, 1.54) is 36.6 Å². The molecule has 2 aromatic carbocycles. The standard InChI is InChI=1S/C18H13FN2O5/c1-11-3-2-4-15(16(11)21(23)24)18(22)26-10-14-9-25-17(20-14)12-5-7-13(19)8-6-12/h2-9H,10H2,1H3. The monoisotopic (exact) mass is 356 g/mol. The van der Waals surface area contributed by atoms with Gasteiger partial charge in [-0.15, -0.1) is 0 Å². The van der Waals surface area contributed by atoms with E-state index in [0.717, 1.165) is 0 Å². The number of oxazole rings is 1. The molecular formula is C18H13FN2O5. The number of hydrogen-bond donors (Lipinski definition) is 0. The SMILES string of the molecule is Cc1cccc(C(=O)OCc2coc(-c3ccc(F)cc3)n2)c1[N+](=O)[O-]. The van der Waals surface area contributed by atoms with E-state index in [9.17, 15) is 19.3 Å². The van der Waals surface area contributed by atoms with Gasteiger partial charge >= 0.3 is 5.97 Å². The van der Waals surface area contributed by atoms with Crippen molar-refractivity contribution in [1.82, 2.24) is 4.98 Å². The zero-order valence-corrected chi connectivity index (χ0v) is 13.6. The van der Waals surface area contributed by atoms with Crippen LogP contribution in [0.3, 0.4) is 0 Å². The Balaban J connectivity index is 1.72. The van der Waals surface area contributed by atoms with Gasteiger partial charge < -0.3 is 9.15 Å². The Morgan fingerprint density at radius 1 is 1.27 bits per heavy atom. The van der Waals surface area contributed by atoms with Crippen LogP contribution >= 0.6 is 0 Å². The van der Waals surface area contributed by atoms with Crippen molar-refractivity contribution in [2.75, 3.05) is 0 Å². The molecule has 0 aliphatic heterocycles. The number of carbonyl (C=O) groups is 1. The normalized spacial score (nSPS) is 10.5. The smallest absolute Gasteiger partial charge is 0.345 e. The van der Waals surface area contributed by atoms with E-state index in [1.54, 1.807) is 19.1 Å². The molecule has 0 radical (unpaired) electrons. The average Bonchev–Trinajstić information content (AvgIpc) is 3.08. The number of nitro groups is 1. The Morgan fingerprint density at radius 2 is 2.00 bits per heavy atom. The lowest BCUT2D eigenvalue weighted by Gasteiger charge is -2.05. The molecular weight excluding hydrogens is 343 g/mol. The maximum atomic E-state index is 12.9. The lowest BCUT2D eigenvalue weighted by atomic mass is 10.1. The first-order valence-electron chi connectivity index (χ1n) is 7.57. The molecule has 8 heteroatoms. The fourth-order valence-corrected chi connectivity index (χ4v) is 2.38. The Hall–Kier alpha value is -3.55. The number of nitro benzene ring substituents is 1. The molecule has 0 saturated heterocycles. The van der Waals surface area contributed by atoms with Crippen LogP contribution in [0, 0.1) is 22.9 Å². The number of ether oxygens (including phenoxy) is 1. The van der Waals surface area contributed by atoms with Crippen molar-refractivity contribution in [3.05, 3.63) is 81.5 Å². The highest BCUT2D eigenvalue weighted by Crippen LogP contribution is 2.24. The number of aryl methyl sites for hydroxylation is 1. The summed E-state index contributed by atoms with van der Waals surface area (Å²) in [6.07, 6.45) is 1.30. The molecule has 132 valence electrons. The summed E-state index contributed by atoms with van der Waals surface area (Å²) in [4.78, 5) is 26.9. The van der Waals surface area contributed by atoms with Crippen molar-refractivity contribution in [3.8, 4) is 11.5 Å². The van der Waals surface area contributed by atoms with Gasteiger partial charge in [0.1, 0.15) is 29.9 Å². The molecule has 0 spiro atoms. The fourth-order valence-electron chi connectivity index (χ4n) is 2.38. The van der Waals surface area contributed by atoms with E-state index >= 15 is 0 Å². The van der Waals surface area contributed by atoms with Gasteiger partial charge in [0.05, 0.1) is 4.92 Å². The molecule has 3 rings (SSSR count). The summed E-state index contributed by atoms with van der Waals surface area (Å²) in [7, 11) is 0. The van der Waals surface area contributed by atoms with Gasteiger partial charge in [-0.05, 0) is 37.3 Å². The number of benzene rings is 2. The van der Waals surface area contributed by atoms with E-state index in [1.807, 2.05) is 0 Å². The van der Waals surface area contributed by atoms with E-state index in [4.69, 9.17) is 9.15 Å². The van der Waals surface area contributed by atoms with E-state index in [2.05, 4.69) is 4.98 Å². The summed E-state index contributed by atoms with van der Waals surface area (Å²) in [6.45, 7) is 1.33. The topological polar surface area (TPSA) is 95.5 Å². The highest BCUT2D eigenvalue weighted by atomic mass is 19.1. The summed E-state index contributed by atoms with van der Waals surface area (Å²) in [5.41, 5.74) is 0.845. The summed E-state index contributed by atoms with van der Waals surface area (Å²) in [6, 6.07) is 9.98. The van der Waals surface area contributed by atoms with Crippen LogP contribution in [-0.2, 0) is 11.3 Å². The minimum absolute atomic E-state index is 0.128. The highest BCUT2D eigenvalue weighted by Gasteiger charge is 2.23. The molecule has 0 bridgehead atoms. The van der Waals surface area contributed by atoms with Crippen LogP contribution < -0.4 is 0 Å². The first kappa shape index (κ1) is 17.3. The zero-order valence-electron chi connectivity index (χ0n) is 13.6. The van der Waals surface area contributed by atoms with E-state index in [-0.39, 0.29) is 29.6 Å². The second kappa shape index (κ2) is 7.14. The molecule has 0 amide bonds. The van der Waals surface area contributed by atoms with Crippen molar-refractivity contribution in [2.24, 2.45) is 0 Å². The van der Waals surface area contributed by atoms with Crippen molar-refractivity contribution >= 4 is 11.7 Å². The second-order valence-electron chi connectivity index (χ2n) is 5.46. The molecule has 1 heterocycles. The first-order valence-corrected chi connectivity index (χ1v) is 7.57. The Bertz CT molecular complexity index is 966. The van der Waals surface area contributed by atoms with Gasteiger partial charge in [0.15, 0.2) is 0 Å². The maximum Gasteiger partial charge on any atom is 0.345 e. The molecule has 3 aromatic rings. The van der Waals surface area contributed by atoms with Crippen LogP contribution in [0.25, 0.3) is 11.5 Å². The summed E-state index contributed by atoms with van der Waals surface area (Å²) >= 11 is 0. The number of halogens is 1. The molecule has 0 aliphatic rings. The highest BCUT2D eigenvalue weighted by molar-refractivity contribution is 5.94. The summed E-state index contributed by atoms with van der Waals surface area (Å²) in [5, 5.41) is 11.1. The van der Waals surface area contributed by atoms with Crippen molar-refractivity contribution in [3.63, 3.8) is 0 Å². The predicted octanol–water partition coefficient (Wildman–Crippen LogP) is 4.05. The average molecular weight is 356 g/mol. The third kappa shape index (κ3) is 3.59. The largest absolute Gasteiger partial charge is 0.455 e. The molecule has 7 nitrogen and oxygen atoms in total. The lowest BCUT2D eigenvalue weighted by Crippen LogP contribution is -2.09. The third-order valence-electron chi connectivity index (χ3n) is 3.63. The summed E-state index contributed by atoms with van der Waals surface area (Å²) < 4.78 is 23.3. The van der Waals surface area contributed by atoms with Crippen LogP contribution in [0.15, 0.2) is 53.1 Å². The number of rotatable bonds is 5. The first-order chi connectivity index (χ1) is 12.5. The molecule has 0 saturated carbocycles. The molecule has 0 aliphatic carbocycles. The third-order valence-corrected chi connectivity index (χ3v) is 3.63. The van der Waals surface area contributed by atoms with E-state index < -0.39 is 10.9 Å². The second-order valence-corrected chi connectivity index (χ2v) is 5.46. The molecule has 1 aromatic heterocycles. The molecule has 0 N–H and O–H groups in total. The number of nitrogens with zero attached hydrogens (tertiary/aromatic N) is 2. The van der Waals surface area contributed by atoms with Gasteiger partial charge in [0.2, 0.25) is 5.89 Å². The minimum Gasteiger partial charge on any atom is -0.455 e. The van der Waals surface area contributed by atoms with Gasteiger partial charge in [-0.2, -0.15) is 0 Å². The maximum absolute atomic E-state index is 12.9. The molecule has 0 fully saturated rings. The Morgan fingerprint density at radius 3 is 2.69 bits per heavy atom. The number of hydrogen-bond acceptors (Lipinski definition) is 6. The van der Waals surface area contributed by atoms with Gasteiger partial charge in [-0.25, -0.2) is 14.2 Å². The van der Waals surface area contributed by atoms with Crippen LogP contribution in [0.5, 0.6) is 0 Å². The minimum atomic E-state index is -0.827. The molecule has 0 atom stereocenters. The van der Waals surface area contributed by atoms with Gasteiger partial charge in [0.25, 0.3) is 5.69 Å². The Kier molecular flexibility index (Phi) is 4.74.